The van der Waals surface area contributed by atoms with E-state index in [4.69, 9.17) is 0 Å². The fourth-order valence-electron chi connectivity index (χ4n) is 2.77. The van der Waals surface area contributed by atoms with Crippen molar-refractivity contribution in [2.45, 2.75) is 26.2 Å². The number of carbonyl (C=O) groups excluding carboxylic acids is 1. The number of aryl methyl sites for hydroxylation is 2. The molecule has 0 saturated carbocycles. The van der Waals surface area contributed by atoms with E-state index in [1.807, 2.05) is 35.8 Å². The highest BCUT2D eigenvalue weighted by Crippen LogP contribution is 2.11. The zero-order chi connectivity index (χ0) is 15.2. The first kappa shape index (κ1) is 15.8. The molecule has 5 nitrogen and oxygen atoms in total. The average Bonchev–Trinajstić information content (AvgIpc) is 2.69. The fourth-order valence-corrected chi connectivity index (χ4v) is 2.77. The van der Waals surface area contributed by atoms with Gasteiger partial charge in [-0.2, -0.15) is 5.10 Å². The van der Waals surface area contributed by atoms with Gasteiger partial charge in [0.05, 0.1) is 6.20 Å². The molecule has 1 aliphatic heterocycles. The topological polar surface area (TPSA) is 41.4 Å². The zero-order valence-electron chi connectivity index (χ0n) is 13.2. The van der Waals surface area contributed by atoms with Crippen molar-refractivity contribution in [3.05, 3.63) is 30.1 Å². The molecular formula is C16H26N4O. The molecule has 0 unspecified atom stereocenters. The van der Waals surface area contributed by atoms with Gasteiger partial charge in [0, 0.05) is 51.9 Å². The van der Waals surface area contributed by atoms with Gasteiger partial charge in [-0.15, -0.1) is 6.58 Å². The van der Waals surface area contributed by atoms with Crippen molar-refractivity contribution in [2.75, 3.05) is 32.7 Å². The third kappa shape index (κ3) is 4.17. The average molecular weight is 290 g/mol. The molecule has 1 aliphatic rings. The first-order valence-electron chi connectivity index (χ1n) is 7.70. The van der Waals surface area contributed by atoms with Gasteiger partial charge >= 0.3 is 0 Å². The van der Waals surface area contributed by atoms with Crippen molar-refractivity contribution in [1.29, 1.82) is 0 Å². The van der Waals surface area contributed by atoms with Crippen LogP contribution < -0.4 is 0 Å². The van der Waals surface area contributed by atoms with E-state index in [-0.39, 0.29) is 5.91 Å². The molecule has 0 radical (unpaired) electrons. The molecule has 0 N–H and O–H groups in total. The molecule has 0 spiro atoms. The van der Waals surface area contributed by atoms with Crippen LogP contribution in [0.5, 0.6) is 0 Å². The van der Waals surface area contributed by atoms with Gasteiger partial charge < -0.3 is 4.90 Å². The van der Waals surface area contributed by atoms with Crippen molar-refractivity contribution < 1.29 is 4.79 Å². The lowest BCUT2D eigenvalue weighted by Crippen LogP contribution is -2.35. The lowest BCUT2D eigenvalue weighted by atomic mass is 10.1. The van der Waals surface area contributed by atoms with Crippen LogP contribution in [0.1, 0.15) is 24.1 Å². The van der Waals surface area contributed by atoms with Gasteiger partial charge in [-0.05, 0) is 25.3 Å². The molecule has 1 saturated heterocycles. The first-order valence-corrected chi connectivity index (χ1v) is 7.70. The highest BCUT2D eigenvalue weighted by atomic mass is 16.2. The SMILES string of the molecule is C=CCN1CCCN(C(=O)CCc2cnn(C)c2C)CC1. The molecule has 2 rings (SSSR count). The number of nitrogens with zero attached hydrogens (tertiary/aromatic N) is 4. The fraction of sp³-hybridized carbons (Fsp3) is 0.625. The number of rotatable bonds is 5. The molecule has 1 fully saturated rings. The summed E-state index contributed by atoms with van der Waals surface area (Å²) in [5.74, 6) is 0.263. The summed E-state index contributed by atoms with van der Waals surface area (Å²) in [7, 11) is 1.93. The molecule has 116 valence electrons. The van der Waals surface area contributed by atoms with E-state index in [0.29, 0.717) is 6.42 Å². The Morgan fingerprint density at radius 2 is 2.19 bits per heavy atom. The van der Waals surface area contributed by atoms with Crippen molar-refractivity contribution in [2.24, 2.45) is 7.05 Å². The Balaban J connectivity index is 1.83. The lowest BCUT2D eigenvalue weighted by molar-refractivity contribution is -0.131. The van der Waals surface area contributed by atoms with Crippen LogP contribution in [-0.2, 0) is 18.3 Å². The van der Waals surface area contributed by atoms with E-state index in [9.17, 15) is 4.79 Å². The molecule has 1 amide bonds. The molecule has 0 aliphatic carbocycles. The van der Waals surface area contributed by atoms with E-state index >= 15 is 0 Å². The Bertz CT molecular complexity index is 494. The Kier molecular flexibility index (Phi) is 5.56. The summed E-state index contributed by atoms with van der Waals surface area (Å²) < 4.78 is 1.86. The number of carbonyl (C=O) groups is 1. The van der Waals surface area contributed by atoms with Crippen LogP contribution >= 0.6 is 0 Å². The summed E-state index contributed by atoms with van der Waals surface area (Å²) >= 11 is 0. The molecule has 0 aromatic carbocycles. The van der Waals surface area contributed by atoms with Crippen LogP contribution in [0.3, 0.4) is 0 Å². The van der Waals surface area contributed by atoms with E-state index in [1.54, 1.807) is 0 Å². The van der Waals surface area contributed by atoms with Gasteiger partial charge in [0.25, 0.3) is 0 Å². The number of amides is 1. The minimum absolute atomic E-state index is 0.263. The van der Waals surface area contributed by atoms with Crippen LogP contribution in [0, 0.1) is 6.92 Å². The highest BCUT2D eigenvalue weighted by molar-refractivity contribution is 5.76. The number of aromatic nitrogens is 2. The molecule has 1 aromatic rings. The van der Waals surface area contributed by atoms with Crippen LogP contribution in [0.25, 0.3) is 0 Å². The second-order valence-electron chi connectivity index (χ2n) is 5.70. The van der Waals surface area contributed by atoms with Crippen molar-refractivity contribution in [1.82, 2.24) is 19.6 Å². The highest BCUT2D eigenvalue weighted by Gasteiger charge is 2.18. The van der Waals surface area contributed by atoms with Crippen LogP contribution in [0.4, 0.5) is 0 Å². The number of hydrogen-bond donors (Lipinski definition) is 0. The normalized spacial score (nSPS) is 16.8. The summed E-state index contributed by atoms with van der Waals surface area (Å²) in [6.45, 7) is 10.5. The smallest absolute Gasteiger partial charge is 0.222 e. The minimum Gasteiger partial charge on any atom is -0.341 e. The van der Waals surface area contributed by atoms with Crippen molar-refractivity contribution in [3.8, 4) is 0 Å². The third-order valence-electron chi connectivity index (χ3n) is 4.27. The maximum absolute atomic E-state index is 12.4. The minimum atomic E-state index is 0.263. The zero-order valence-corrected chi connectivity index (χ0v) is 13.2. The Hall–Kier alpha value is -1.62. The monoisotopic (exact) mass is 290 g/mol. The molecule has 2 heterocycles. The summed E-state index contributed by atoms with van der Waals surface area (Å²) in [5.41, 5.74) is 2.32. The van der Waals surface area contributed by atoms with E-state index in [0.717, 1.165) is 51.3 Å². The second kappa shape index (κ2) is 7.41. The van der Waals surface area contributed by atoms with Crippen molar-refractivity contribution >= 4 is 5.91 Å². The summed E-state index contributed by atoms with van der Waals surface area (Å²) in [6.07, 6.45) is 6.21. The van der Waals surface area contributed by atoms with E-state index in [1.165, 1.54) is 5.56 Å². The molecule has 1 aromatic heterocycles. The largest absolute Gasteiger partial charge is 0.341 e. The third-order valence-corrected chi connectivity index (χ3v) is 4.27. The Morgan fingerprint density at radius 1 is 1.38 bits per heavy atom. The molecule has 0 bridgehead atoms. The van der Waals surface area contributed by atoms with E-state index in [2.05, 4.69) is 16.6 Å². The Morgan fingerprint density at radius 3 is 2.86 bits per heavy atom. The summed E-state index contributed by atoms with van der Waals surface area (Å²) in [6, 6.07) is 0. The molecule has 5 heteroatoms. The standard InChI is InChI=1S/C16H26N4O/c1-4-8-19-9-5-10-20(12-11-19)16(21)7-6-15-13-17-18(3)14(15)2/h4,13H,1,5-12H2,2-3H3. The maximum Gasteiger partial charge on any atom is 0.222 e. The molecule has 21 heavy (non-hydrogen) atoms. The van der Waals surface area contributed by atoms with Gasteiger partial charge in [0.2, 0.25) is 5.91 Å². The predicted octanol–water partition coefficient (Wildman–Crippen LogP) is 1.38. The second-order valence-corrected chi connectivity index (χ2v) is 5.70. The van der Waals surface area contributed by atoms with Crippen LogP contribution in [-0.4, -0.2) is 58.2 Å². The van der Waals surface area contributed by atoms with Gasteiger partial charge in [-0.25, -0.2) is 0 Å². The first-order chi connectivity index (χ1) is 10.1. The number of hydrogen-bond acceptors (Lipinski definition) is 3. The molecule has 0 atom stereocenters. The van der Waals surface area contributed by atoms with Gasteiger partial charge in [0.15, 0.2) is 0 Å². The lowest BCUT2D eigenvalue weighted by Gasteiger charge is -2.21. The van der Waals surface area contributed by atoms with Gasteiger partial charge in [-0.1, -0.05) is 6.08 Å². The summed E-state index contributed by atoms with van der Waals surface area (Å²) in [5, 5.41) is 4.23. The van der Waals surface area contributed by atoms with E-state index < -0.39 is 0 Å². The van der Waals surface area contributed by atoms with Gasteiger partial charge in [-0.3, -0.25) is 14.4 Å². The summed E-state index contributed by atoms with van der Waals surface area (Å²) in [4.78, 5) is 16.7. The van der Waals surface area contributed by atoms with Gasteiger partial charge in [0.1, 0.15) is 0 Å². The quantitative estimate of drug-likeness (QED) is 0.769. The predicted molar refractivity (Wildman–Crippen MR) is 84.1 cm³/mol. The Labute approximate surface area is 127 Å². The molecular weight excluding hydrogens is 264 g/mol. The van der Waals surface area contributed by atoms with Crippen LogP contribution in [0.15, 0.2) is 18.9 Å². The van der Waals surface area contributed by atoms with Crippen LogP contribution in [0.2, 0.25) is 0 Å². The maximum atomic E-state index is 12.4. The van der Waals surface area contributed by atoms with Crippen molar-refractivity contribution in [3.63, 3.8) is 0 Å².